The normalized spacial score (nSPS) is 10.2. The summed E-state index contributed by atoms with van der Waals surface area (Å²) < 4.78 is 12.4. The average molecular weight is 314 g/mol. The highest BCUT2D eigenvalue weighted by Crippen LogP contribution is 2.29. The topological polar surface area (TPSA) is 60.7 Å². The van der Waals surface area contributed by atoms with Gasteiger partial charge in [0.1, 0.15) is 12.4 Å². The maximum atomic E-state index is 11.7. The number of fused-ring (bicyclic) bond motifs is 1. The Bertz CT molecular complexity index is 609. The van der Waals surface area contributed by atoms with E-state index >= 15 is 0 Å². The molecule has 0 spiro atoms. The van der Waals surface area contributed by atoms with Crippen molar-refractivity contribution in [2.45, 2.75) is 19.9 Å². The molecule has 0 unspecified atom stereocenters. The van der Waals surface area contributed by atoms with Crippen LogP contribution in [0.25, 0.3) is 10.9 Å². The number of methoxy groups -OCH3 is 1. The predicted octanol–water partition coefficient (Wildman–Crippen LogP) is 2.63. The quantitative estimate of drug-likeness (QED) is 0.833. The molecule has 116 valence electrons. The molecule has 0 fully saturated rings. The highest BCUT2D eigenvalue weighted by Gasteiger charge is 2.14. The Balaban J connectivity index is 0.00000220. The van der Waals surface area contributed by atoms with E-state index in [2.05, 4.69) is 11.5 Å². The van der Waals surface area contributed by atoms with Crippen molar-refractivity contribution in [1.29, 1.82) is 0 Å². The molecular formula is C15H20ClNO4. The first-order valence-corrected chi connectivity index (χ1v) is 6.66. The van der Waals surface area contributed by atoms with E-state index in [1.165, 1.54) is 7.11 Å². The summed E-state index contributed by atoms with van der Waals surface area (Å²) in [6, 6.07) is 5.42. The lowest BCUT2D eigenvalue weighted by Gasteiger charge is -2.10. The molecule has 2 aromatic rings. The molecular weight excluding hydrogens is 294 g/mol. The van der Waals surface area contributed by atoms with E-state index in [0.717, 1.165) is 23.9 Å². The molecule has 1 N–H and O–H groups in total. The number of aliphatic hydroxyl groups is 1. The Kier molecular flexibility index (Phi) is 6.52. The van der Waals surface area contributed by atoms with Gasteiger partial charge >= 0.3 is 5.97 Å². The van der Waals surface area contributed by atoms with Gasteiger partial charge in [-0.3, -0.25) is 0 Å². The zero-order chi connectivity index (χ0) is 14.5. The molecule has 1 heterocycles. The Morgan fingerprint density at radius 3 is 2.76 bits per heavy atom. The molecule has 0 aliphatic rings. The number of aliphatic hydroxyl groups excluding tert-OH is 1. The van der Waals surface area contributed by atoms with Crippen molar-refractivity contribution in [2.24, 2.45) is 0 Å². The summed E-state index contributed by atoms with van der Waals surface area (Å²) in [5, 5.41) is 9.82. The Labute approximate surface area is 129 Å². The van der Waals surface area contributed by atoms with Crippen LogP contribution < -0.4 is 4.74 Å². The summed E-state index contributed by atoms with van der Waals surface area (Å²) in [5.74, 6) is 0.191. The Morgan fingerprint density at radius 1 is 1.38 bits per heavy atom. The summed E-state index contributed by atoms with van der Waals surface area (Å²) in [6.07, 6.45) is 2.97. The van der Waals surface area contributed by atoms with Gasteiger partial charge < -0.3 is 19.1 Å². The number of aryl methyl sites for hydroxylation is 1. The first-order chi connectivity index (χ1) is 9.71. The van der Waals surface area contributed by atoms with Crippen LogP contribution in [0.2, 0.25) is 0 Å². The monoisotopic (exact) mass is 313 g/mol. The number of ether oxygens (including phenoxy) is 2. The smallest absolute Gasteiger partial charge is 0.338 e. The van der Waals surface area contributed by atoms with Gasteiger partial charge in [-0.05, 0) is 24.6 Å². The van der Waals surface area contributed by atoms with Gasteiger partial charge in [0.15, 0.2) is 0 Å². The maximum Gasteiger partial charge on any atom is 0.338 e. The number of carbonyl (C=O) groups is 1. The summed E-state index contributed by atoms with van der Waals surface area (Å²) in [7, 11) is 1.35. The van der Waals surface area contributed by atoms with Gasteiger partial charge in [0, 0.05) is 18.1 Å². The zero-order valence-electron chi connectivity index (χ0n) is 12.2. The van der Waals surface area contributed by atoms with Crippen molar-refractivity contribution in [2.75, 3.05) is 20.3 Å². The van der Waals surface area contributed by atoms with Gasteiger partial charge in [-0.2, -0.15) is 0 Å². The first kappa shape index (κ1) is 17.3. The number of nitrogens with zero attached hydrogens (tertiary/aromatic N) is 1. The fraction of sp³-hybridized carbons (Fsp3) is 0.400. The molecule has 6 heteroatoms. The SMILES string of the molecule is CCCn1ccc2c(OCCO)cc(C(=O)OC)cc21.Cl. The van der Waals surface area contributed by atoms with Crippen molar-refractivity contribution in [3.63, 3.8) is 0 Å². The fourth-order valence-corrected chi connectivity index (χ4v) is 2.21. The van der Waals surface area contributed by atoms with Crippen LogP contribution in [-0.4, -0.2) is 36.0 Å². The van der Waals surface area contributed by atoms with E-state index in [9.17, 15) is 4.79 Å². The molecule has 0 saturated heterocycles. The molecule has 2 rings (SSSR count). The average Bonchev–Trinajstić information content (AvgIpc) is 2.87. The highest BCUT2D eigenvalue weighted by atomic mass is 35.5. The molecule has 21 heavy (non-hydrogen) atoms. The number of hydrogen-bond acceptors (Lipinski definition) is 4. The maximum absolute atomic E-state index is 11.7. The van der Waals surface area contributed by atoms with E-state index < -0.39 is 5.97 Å². The van der Waals surface area contributed by atoms with E-state index in [-0.39, 0.29) is 25.6 Å². The van der Waals surface area contributed by atoms with Gasteiger partial charge in [0.05, 0.1) is 24.8 Å². The van der Waals surface area contributed by atoms with Crippen LogP contribution in [0.4, 0.5) is 0 Å². The summed E-state index contributed by atoms with van der Waals surface area (Å²) in [4.78, 5) is 11.7. The lowest BCUT2D eigenvalue weighted by atomic mass is 10.1. The van der Waals surface area contributed by atoms with Crippen LogP contribution in [0.5, 0.6) is 5.75 Å². The number of benzene rings is 1. The second-order valence-electron chi connectivity index (χ2n) is 4.48. The van der Waals surface area contributed by atoms with E-state index in [4.69, 9.17) is 14.6 Å². The van der Waals surface area contributed by atoms with Crippen LogP contribution in [0.1, 0.15) is 23.7 Å². The Morgan fingerprint density at radius 2 is 2.14 bits per heavy atom. The third kappa shape index (κ3) is 3.68. The lowest BCUT2D eigenvalue weighted by molar-refractivity contribution is 0.0600. The van der Waals surface area contributed by atoms with Crippen molar-refractivity contribution < 1.29 is 19.4 Å². The largest absolute Gasteiger partial charge is 0.490 e. The predicted molar refractivity (Wildman–Crippen MR) is 83.4 cm³/mol. The summed E-state index contributed by atoms with van der Waals surface area (Å²) in [6.45, 7) is 3.09. The van der Waals surface area contributed by atoms with Gasteiger partial charge in [-0.1, -0.05) is 6.92 Å². The standard InChI is InChI=1S/C15H19NO4.ClH/c1-3-5-16-6-4-12-13(16)9-11(15(18)19-2)10-14(12)20-8-7-17;/h4,6,9-10,17H,3,5,7-8H2,1-2H3;1H. The minimum absolute atomic E-state index is 0. The van der Waals surface area contributed by atoms with Gasteiger partial charge in [0.25, 0.3) is 0 Å². The van der Waals surface area contributed by atoms with Crippen LogP contribution in [0.3, 0.4) is 0 Å². The second-order valence-corrected chi connectivity index (χ2v) is 4.48. The molecule has 1 aromatic carbocycles. The molecule has 0 aliphatic carbocycles. The van der Waals surface area contributed by atoms with E-state index in [0.29, 0.717) is 11.3 Å². The first-order valence-electron chi connectivity index (χ1n) is 6.66. The van der Waals surface area contributed by atoms with Crippen molar-refractivity contribution >= 4 is 29.3 Å². The molecule has 0 radical (unpaired) electrons. The van der Waals surface area contributed by atoms with Crippen LogP contribution in [0.15, 0.2) is 24.4 Å². The van der Waals surface area contributed by atoms with Gasteiger partial charge in [-0.15, -0.1) is 12.4 Å². The summed E-state index contributed by atoms with van der Waals surface area (Å²) >= 11 is 0. The molecule has 0 amide bonds. The van der Waals surface area contributed by atoms with Crippen molar-refractivity contribution in [3.8, 4) is 5.75 Å². The lowest BCUT2D eigenvalue weighted by Crippen LogP contribution is -2.06. The van der Waals surface area contributed by atoms with Gasteiger partial charge in [0.2, 0.25) is 0 Å². The van der Waals surface area contributed by atoms with Gasteiger partial charge in [-0.25, -0.2) is 4.79 Å². The molecule has 1 aromatic heterocycles. The third-order valence-electron chi connectivity index (χ3n) is 3.09. The molecule has 0 atom stereocenters. The van der Waals surface area contributed by atoms with Crippen molar-refractivity contribution in [1.82, 2.24) is 4.57 Å². The minimum Gasteiger partial charge on any atom is -0.490 e. The van der Waals surface area contributed by atoms with Crippen LogP contribution >= 0.6 is 12.4 Å². The van der Waals surface area contributed by atoms with E-state index in [1.54, 1.807) is 6.07 Å². The molecule has 0 aliphatic heterocycles. The third-order valence-corrected chi connectivity index (χ3v) is 3.09. The van der Waals surface area contributed by atoms with Crippen LogP contribution in [0, 0.1) is 0 Å². The van der Waals surface area contributed by atoms with E-state index in [1.807, 2.05) is 18.3 Å². The molecule has 5 nitrogen and oxygen atoms in total. The number of rotatable bonds is 6. The number of hydrogen-bond donors (Lipinski definition) is 1. The zero-order valence-corrected chi connectivity index (χ0v) is 13.0. The number of aromatic nitrogens is 1. The van der Waals surface area contributed by atoms with Crippen molar-refractivity contribution in [3.05, 3.63) is 30.0 Å². The molecule has 0 bridgehead atoms. The second kappa shape index (κ2) is 7.90. The van der Waals surface area contributed by atoms with Crippen LogP contribution in [-0.2, 0) is 11.3 Å². The minimum atomic E-state index is -0.398. The number of carbonyl (C=O) groups excluding carboxylic acids is 1. The Hall–Kier alpha value is -1.72. The summed E-state index contributed by atoms with van der Waals surface area (Å²) in [5.41, 5.74) is 1.38. The highest BCUT2D eigenvalue weighted by molar-refractivity contribution is 5.97. The fourth-order valence-electron chi connectivity index (χ4n) is 2.21. The molecule has 0 saturated carbocycles. The number of esters is 1. The number of halogens is 1.